The second kappa shape index (κ2) is 45.6. The fraction of sp³-hybridized carbons (Fsp3) is 1.00. The number of hydrogen-bond acceptors (Lipinski definition) is 38. The molecule has 122 heavy (non-hydrogen) atoms. The van der Waals surface area contributed by atoms with Gasteiger partial charge >= 0.3 is 380 Å². The Morgan fingerprint density at radius 2 is 0.648 bits per heavy atom. The van der Waals surface area contributed by atoms with Crippen molar-refractivity contribution in [1.29, 1.82) is 0 Å². The second-order valence-corrected chi connectivity index (χ2v) is 43.1. The number of phosphoric ester groups is 2. The van der Waals surface area contributed by atoms with E-state index in [-0.39, 0.29) is 86.7 Å². The molecule has 11 aliphatic rings. The van der Waals surface area contributed by atoms with E-state index in [0.717, 1.165) is 0 Å². The summed E-state index contributed by atoms with van der Waals surface area (Å²) >= 11 is 0. The number of hydrogen-bond donors (Lipinski definition) is 12. The number of aliphatic hydroxyl groups is 6. The maximum absolute atomic E-state index is 12.5. The van der Waals surface area contributed by atoms with Gasteiger partial charge in [-0.05, 0) is 39.0 Å². The van der Waals surface area contributed by atoms with Gasteiger partial charge in [0, 0.05) is 30.6 Å². The van der Waals surface area contributed by atoms with Crippen molar-refractivity contribution < 1.29 is 190 Å². The van der Waals surface area contributed by atoms with Crippen molar-refractivity contribution in [2.24, 2.45) is 22.7 Å². The van der Waals surface area contributed by atoms with Gasteiger partial charge in [-0.2, -0.15) is 0 Å². The van der Waals surface area contributed by atoms with Crippen LogP contribution in [0.15, 0.2) is 0 Å². The number of phosphoric acid groups is 2. The molecule has 52 heteroatoms. The van der Waals surface area contributed by atoms with E-state index >= 15 is 0 Å². The molecule has 0 bridgehead atoms. The topological polar surface area (TPSA) is 517 Å². The van der Waals surface area contributed by atoms with Gasteiger partial charge < -0.3 is 68.1 Å². The Bertz CT molecular complexity index is 3250. The fourth-order valence-electron chi connectivity index (χ4n) is 13.4. The number of fused-ring (bicyclic) bond motifs is 3. The predicted octanol–water partition coefficient (Wildman–Crippen LogP) is -1.27. The van der Waals surface area contributed by atoms with Crippen molar-refractivity contribution in [3.8, 4) is 0 Å². The third kappa shape index (κ3) is 32.0. The van der Waals surface area contributed by atoms with Crippen molar-refractivity contribution in [3.63, 3.8) is 0 Å². The van der Waals surface area contributed by atoms with Crippen LogP contribution in [-0.2, 0) is 130 Å². The minimum atomic E-state index is -5.48. The molecule has 0 aromatic carbocycles. The van der Waals surface area contributed by atoms with Gasteiger partial charge in [0.1, 0.15) is 105 Å². The Hall–Kier alpha value is 0.319. The molecule has 10 unspecified atom stereocenters. The Labute approximate surface area is 726 Å². The van der Waals surface area contributed by atoms with Crippen molar-refractivity contribution in [3.05, 3.63) is 0 Å². The average Bonchev–Trinajstić information content (AvgIpc) is 1.58. The van der Waals surface area contributed by atoms with Crippen LogP contribution < -0.4 is 0 Å². The standard InChI is InChI=1S/C18H33B2O10P.2C17H31B2O10P.C10H19BO4.C8H14BO6P/c1-9(2)24-6-10-14-15(17(20)28-10)30-31(22,23,29-14)26-7-11-13(12(21)16(19)27-11)25-8-18(3,4)5;1-8(2)5-24-13-11(26-16(18)12(13)20)7-25-30(21,22)28-14-10(6-23-9(3)4)27-17(19)15(14)29-30;1-8(2)5-25-14-11(28-16(18)12(14)20)7-26-30(22,23)29-15-10(6-24-9(3)4)27-17(19)13(15)21;1-10(2,3)5-14-8-6(4-12)15-9(11)7(8)13;1-4(2)12-3-5-6-7(8(9)13-5)15-16(10,11)14-6/h9-17,21-23H,6-8H2,1-5H3;8-17,20-22H,5-7H2,1-4H3;8-17,20-21H,5-7H2,1-4H3,(H,22,23);6-9,12-13H,4-5H2,1-3H3;4-8H,3H2,1-2H3,(H,10,11)/t2*10-,11-,12?,13+,14+,15?,16-,17-;10-,11-,12?,13?,14+,15+,16-,17-;6-,7?,8+,9-;5-,6+,7?,8-/m11111/s1. The zero-order chi connectivity index (χ0) is 91.7. The van der Waals surface area contributed by atoms with Gasteiger partial charge in [0.05, 0.1) is 45.2 Å². The number of rotatable bonds is 34. The molecule has 0 spiro atoms. The molecule has 12 N–H and O–H groups in total. The predicted molar refractivity (Wildman–Crippen MR) is 439 cm³/mol. The molecule has 0 saturated carbocycles. The van der Waals surface area contributed by atoms with Gasteiger partial charge in [0.2, 0.25) is 0 Å². The summed E-state index contributed by atoms with van der Waals surface area (Å²) in [6.45, 7) is 35.2. The van der Waals surface area contributed by atoms with Crippen LogP contribution in [0.4, 0.5) is 0 Å². The van der Waals surface area contributed by atoms with Crippen LogP contribution >= 0.6 is 31.1 Å². The summed E-state index contributed by atoms with van der Waals surface area (Å²) in [4.78, 5) is 62.4. The van der Waals surface area contributed by atoms with Crippen LogP contribution in [0.5, 0.6) is 0 Å². The van der Waals surface area contributed by atoms with Crippen molar-refractivity contribution >= 4 is 93.9 Å². The maximum atomic E-state index is 12.5. The first-order valence-electron chi connectivity index (χ1n) is 40.9. The molecule has 11 aliphatic heterocycles. The van der Waals surface area contributed by atoms with Crippen LogP contribution in [0.3, 0.4) is 0 Å². The second-order valence-electron chi connectivity index (χ2n) is 35.8. The van der Waals surface area contributed by atoms with Crippen molar-refractivity contribution in [2.75, 3.05) is 79.3 Å². The first kappa shape index (κ1) is 109. The molecule has 11 fully saturated rings. The Balaban J connectivity index is 0.000000216. The van der Waals surface area contributed by atoms with Gasteiger partial charge in [0.15, 0.2) is 0 Å². The Morgan fingerprint density at radius 3 is 0.984 bits per heavy atom. The molecule has 0 aromatic heterocycles. The zero-order valence-electron chi connectivity index (χ0n) is 72.6. The quantitative estimate of drug-likeness (QED) is 0.0264. The van der Waals surface area contributed by atoms with Crippen LogP contribution in [-0.4, -0.2) is 421 Å². The molecule has 11 heterocycles. The molecule has 0 aliphatic carbocycles. The van der Waals surface area contributed by atoms with Gasteiger partial charge in [-0.1, -0.05) is 34.6 Å². The Kier molecular flexibility index (Phi) is 40.8. The van der Waals surface area contributed by atoms with E-state index in [1.807, 2.05) is 111 Å². The summed E-state index contributed by atoms with van der Waals surface area (Å²) in [6.07, 6.45) is -20.7. The van der Waals surface area contributed by atoms with Gasteiger partial charge in [0.25, 0.3) is 0 Å². The molecule has 40 nitrogen and oxygen atoms in total. The molecule has 0 amide bonds. The first-order chi connectivity index (χ1) is 56.2. The van der Waals surface area contributed by atoms with Crippen molar-refractivity contribution in [1.82, 2.24) is 0 Å². The van der Waals surface area contributed by atoms with Crippen LogP contribution in [0.1, 0.15) is 125 Å². The van der Waals surface area contributed by atoms with Gasteiger partial charge in [-0.25, -0.2) is 9.13 Å². The summed E-state index contributed by atoms with van der Waals surface area (Å²) in [5.41, 5.74) is -0.160. The SMILES string of the molecule is [B][C@@H]1O[C@H](CO)[C@H](OCC(C)(C)C)C1O.[B][C@@H]1O[C@H](COC(C)C)[C@@H]2OP(=O)(O)OC12.[B][C@@H]1O[C@H](COP(=O)(O)O[C@@H]2C(O)[C@H]([B])O[C@@H]2COC(C)C)[C@H](OCC(C)C)C1O.[B][C@@H]1O[C@H](COP2(O)(O)OC3[C@H]([B])O[C@H](COC(C)C)[C@@H]3O2)[C@H](OCC(C)(C)C)C1O.[B][C@@H]1O[C@H](COP2(O)(O)OC3[C@H]([B])O[C@H](COC(C)C)[C@@H]3O2)[C@H](OCC(C)C)C1O. The van der Waals surface area contributed by atoms with E-state index in [4.69, 9.17) is 189 Å². The van der Waals surface area contributed by atoms with E-state index in [2.05, 4.69) is 0 Å². The first-order valence-corrected chi connectivity index (χ1v) is 47.6. The van der Waals surface area contributed by atoms with Crippen LogP contribution in [0.2, 0.25) is 0 Å². The van der Waals surface area contributed by atoms with Crippen molar-refractivity contribution in [2.45, 2.75) is 344 Å². The van der Waals surface area contributed by atoms with Crippen LogP contribution in [0.25, 0.3) is 0 Å². The molecule has 34 atom stereocenters. The number of ether oxygens (including phenoxy) is 16. The monoisotopic (exact) mass is 1820 g/mol. The third-order valence-electron chi connectivity index (χ3n) is 19.4. The zero-order valence-corrected chi connectivity index (χ0v) is 76.2. The van der Waals surface area contributed by atoms with E-state index in [9.17, 15) is 64.0 Å². The molecule has 11 saturated heterocycles. The molecule has 0 aromatic rings. The van der Waals surface area contributed by atoms with E-state index in [0.29, 0.717) is 26.4 Å². The summed E-state index contributed by atoms with van der Waals surface area (Å²) in [6, 6.07) is -7.54. The molecular weight excluding hydrogens is 1690 g/mol. The normalized spacial score (nSPS) is 42.1. The molecule has 16 radical (unpaired) electrons. The van der Waals surface area contributed by atoms with Crippen LogP contribution in [0, 0.1) is 22.7 Å². The minimum absolute atomic E-state index is 0.00495. The summed E-state index contributed by atoms with van der Waals surface area (Å²) in [7, 11) is 26.3. The average molecular weight is 1820 g/mol. The third-order valence-corrected chi connectivity index (χ3v) is 25.0. The van der Waals surface area contributed by atoms with Gasteiger partial charge in [-0.15, -0.1) is 0 Å². The number of aliphatic hydroxyl groups excluding tert-OH is 6. The van der Waals surface area contributed by atoms with E-state index in [1.165, 1.54) is 0 Å². The fourth-order valence-corrected chi connectivity index (χ4v) is 19.4. The summed E-state index contributed by atoms with van der Waals surface area (Å²) < 4.78 is 164. The van der Waals surface area contributed by atoms with E-state index < -0.39 is 239 Å². The molecular formula is C70H128B8O40P4. The molecule has 11 rings (SSSR count). The molecule has 692 valence electrons. The van der Waals surface area contributed by atoms with E-state index in [1.54, 1.807) is 13.8 Å². The summed E-state index contributed by atoms with van der Waals surface area (Å²) in [5, 5.41) is 59.5. The Morgan fingerprint density at radius 1 is 0.377 bits per heavy atom. The summed E-state index contributed by atoms with van der Waals surface area (Å²) in [5.74, 6) is 0.408. The van der Waals surface area contributed by atoms with Gasteiger partial charge in [-0.3, -0.25) is 18.1 Å².